The molecule has 1 aliphatic carbocycles. The quantitative estimate of drug-likeness (QED) is 0.664. The van der Waals surface area contributed by atoms with Crippen molar-refractivity contribution in [3.63, 3.8) is 0 Å². The van der Waals surface area contributed by atoms with E-state index in [4.69, 9.17) is 14.0 Å². The molecule has 0 bridgehead atoms. The van der Waals surface area contributed by atoms with Gasteiger partial charge in [-0.25, -0.2) is 4.79 Å². The van der Waals surface area contributed by atoms with Gasteiger partial charge in [0.1, 0.15) is 19.9 Å². The van der Waals surface area contributed by atoms with Crippen LogP contribution in [0.2, 0.25) is 0 Å². The maximum Gasteiger partial charge on any atom is 0.327 e. The van der Waals surface area contributed by atoms with E-state index >= 15 is 0 Å². The molecule has 2 saturated heterocycles. The van der Waals surface area contributed by atoms with E-state index in [1.807, 2.05) is 24.3 Å². The second-order valence-electron chi connectivity index (χ2n) is 9.57. The summed E-state index contributed by atoms with van der Waals surface area (Å²) >= 11 is 0. The van der Waals surface area contributed by atoms with Gasteiger partial charge < -0.3 is 24.2 Å². The topological polar surface area (TPSA) is 127 Å². The van der Waals surface area contributed by atoms with Gasteiger partial charge in [-0.05, 0) is 43.4 Å². The predicted octanol–water partition coefficient (Wildman–Crippen LogP) is 2.42. The molecular weight excluding hydrogens is 454 g/mol. The summed E-state index contributed by atoms with van der Waals surface area (Å²) in [7, 11) is 0. The second-order valence-corrected chi connectivity index (χ2v) is 9.57. The van der Waals surface area contributed by atoms with Crippen LogP contribution in [0.5, 0.6) is 0 Å². The number of urea groups is 1. The number of aryl methyl sites for hydroxylation is 1. The SMILES string of the molecule is Cc1noc(CN2C(=O)C3CC4OCOC4CC3N(CC(=O)Nc3ccc(C(C)C)cc3)C2=O)n1. The molecule has 2 aromatic rings. The molecule has 0 radical (unpaired) electrons. The first kappa shape index (κ1) is 23.4. The first-order valence-corrected chi connectivity index (χ1v) is 11.8. The van der Waals surface area contributed by atoms with Crippen LogP contribution >= 0.6 is 0 Å². The summed E-state index contributed by atoms with van der Waals surface area (Å²) in [6, 6.07) is 6.59. The van der Waals surface area contributed by atoms with Crippen LogP contribution in [0.1, 0.15) is 49.9 Å². The van der Waals surface area contributed by atoms with Gasteiger partial charge in [0, 0.05) is 11.7 Å². The largest absolute Gasteiger partial charge is 0.349 e. The first-order chi connectivity index (χ1) is 16.8. The van der Waals surface area contributed by atoms with Crippen molar-refractivity contribution >= 4 is 23.5 Å². The number of aromatic nitrogens is 2. The Morgan fingerprint density at radius 1 is 1.14 bits per heavy atom. The lowest BCUT2D eigenvalue weighted by Crippen LogP contribution is -2.65. The number of amides is 4. The number of nitrogens with zero attached hydrogens (tertiary/aromatic N) is 4. The van der Waals surface area contributed by atoms with Crippen molar-refractivity contribution in [3.05, 3.63) is 41.5 Å². The van der Waals surface area contributed by atoms with Crippen molar-refractivity contribution in [1.82, 2.24) is 19.9 Å². The van der Waals surface area contributed by atoms with E-state index in [2.05, 4.69) is 29.3 Å². The second kappa shape index (κ2) is 9.38. The minimum atomic E-state index is -0.560. The molecule has 11 heteroatoms. The first-order valence-electron chi connectivity index (χ1n) is 11.8. The molecule has 2 aliphatic heterocycles. The molecule has 1 aromatic carbocycles. The van der Waals surface area contributed by atoms with Gasteiger partial charge in [0.15, 0.2) is 5.82 Å². The van der Waals surface area contributed by atoms with Crippen molar-refractivity contribution in [2.45, 2.75) is 64.3 Å². The zero-order chi connectivity index (χ0) is 24.7. The summed E-state index contributed by atoms with van der Waals surface area (Å²) in [6.07, 6.45) is 0.416. The predicted molar refractivity (Wildman–Crippen MR) is 122 cm³/mol. The molecular formula is C24H29N5O6. The Balaban J connectivity index is 1.36. The van der Waals surface area contributed by atoms with E-state index in [9.17, 15) is 14.4 Å². The normalized spacial score (nSPS) is 26.2. The van der Waals surface area contributed by atoms with Crippen LogP contribution in [0.25, 0.3) is 0 Å². The molecule has 1 saturated carbocycles. The monoisotopic (exact) mass is 483 g/mol. The van der Waals surface area contributed by atoms with Crippen LogP contribution in [0.3, 0.4) is 0 Å². The molecule has 35 heavy (non-hydrogen) atoms. The Morgan fingerprint density at radius 3 is 2.51 bits per heavy atom. The number of benzene rings is 1. The Morgan fingerprint density at radius 2 is 1.86 bits per heavy atom. The highest BCUT2D eigenvalue weighted by molar-refractivity contribution is 6.01. The van der Waals surface area contributed by atoms with Crippen LogP contribution in [-0.2, 0) is 25.6 Å². The maximum atomic E-state index is 13.5. The van der Waals surface area contributed by atoms with Crippen molar-refractivity contribution < 1.29 is 28.4 Å². The molecule has 1 N–H and O–H groups in total. The molecule has 3 aliphatic rings. The highest BCUT2D eigenvalue weighted by Gasteiger charge is 2.53. The Hall–Kier alpha value is -3.31. The molecule has 1 aromatic heterocycles. The van der Waals surface area contributed by atoms with Crippen LogP contribution in [-0.4, -0.2) is 69.4 Å². The van der Waals surface area contributed by atoms with Crippen molar-refractivity contribution in [3.8, 4) is 0 Å². The van der Waals surface area contributed by atoms with Gasteiger partial charge in [0.05, 0.1) is 18.1 Å². The molecule has 4 atom stereocenters. The number of fused-ring (bicyclic) bond motifs is 2. The number of ether oxygens (including phenoxy) is 2. The third-order valence-corrected chi connectivity index (χ3v) is 6.90. The van der Waals surface area contributed by atoms with Crippen molar-refractivity contribution in [2.24, 2.45) is 5.92 Å². The molecule has 3 fully saturated rings. The number of carbonyl (C=O) groups excluding carboxylic acids is 3. The van der Waals surface area contributed by atoms with Crippen LogP contribution in [0, 0.1) is 12.8 Å². The molecule has 5 rings (SSSR count). The zero-order valence-electron chi connectivity index (χ0n) is 20.0. The number of hydrogen-bond donors (Lipinski definition) is 1. The van der Waals surface area contributed by atoms with E-state index < -0.39 is 18.0 Å². The number of carbonyl (C=O) groups is 3. The minimum Gasteiger partial charge on any atom is -0.349 e. The molecule has 4 unspecified atom stereocenters. The van der Waals surface area contributed by atoms with Gasteiger partial charge in [-0.15, -0.1) is 0 Å². The third-order valence-electron chi connectivity index (χ3n) is 6.90. The number of anilines is 1. The van der Waals surface area contributed by atoms with Gasteiger partial charge in [0.2, 0.25) is 17.7 Å². The van der Waals surface area contributed by atoms with Gasteiger partial charge in [-0.3, -0.25) is 14.5 Å². The number of hydrogen-bond acceptors (Lipinski definition) is 8. The van der Waals surface area contributed by atoms with Gasteiger partial charge in [-0.1, -0.05) is 31.1 Å². The minimum absolute atomic E-state index is 0.151. The van der Waals surface area contributed by atoms with Crippen molar-refractivity contribution in [2.75, 3.05) is 18.7 Å². The summed E-state index contributed by atoms with van der Waals surface area (Å²) in [6.45, 7) is 5.67. The molecule has 11 nitrogen and oxygen atoms in total. The molecule has 3 heterocycles. The average molecular weight is 484 g/mol. The average Bonchev–Trinajstić information content (AvgIpc) is 3.47. The number of nitrogens with one attached hydrogen (secondary N) is 1. The van der Waals surface area contributed by atoms with Crippen LogP contribution in [0.15, 0.2) is 28.8 Å². The van der Waals surface area contributed by atoms with Gasteiger partial charge in [0.25, 0.3) is 0 Å². The summed E-state index contributed by atoms with van der Waals surface area (Å²) in [5.41, 5.74) is 1.81. The lowest BCUT2D eigenvalue weighted by molar-refractivity contribution is -0.145. The van der Waals surface area contributed by atoms with Crippen molar-refractivity contribution in [1.29, 1.82) is 0 Å². The third kappa shape index (κ3) is 4.65. The lowest BCUT2D eigenvalue weighted by Gasteiger charge is -2.48. The fraction of sp³-hybridized carbons (Fsp3) is 0.542. The molecule has 4 amide bonds. The zero-order valence-corrected chi connectivity index (χ0v) is 20.0. The summed E-state index contributed by atoms with van der Waals surface area (Å²) in [4.78, 5) is 46.5. The fourth-order valence-electron chi connectivity index (χ4n) is 5.06. The summed E-state index contributed by atoms with van der Waals surface area (Å²) in [5.74, 6) is -0.241. The van der Waals surface area contributed by atoms with E-state index in [1.165, 1.54) is 4.90 Å². The highest BCUT2D eigenvalue weighted by atomic mass is 16.7. The highest BCUT2D eigenvalue weighted by Crippen LogP contribution is 2.39. The fourth-order valence-corrected chi connectivity index (χ4v) is 5.06. The summed E-state index contributed by atoms with van der Waals surface area (Å²) in [5, 5.41) is 6.60. The number of rotatable bonds is 6. The van der Waals surface area contributed by atoms with E-state index in [-0.39, 0.29) is 49.8 Å². The molecule has 0 spiro atoms. The summed E-state index contributed by atoms with van der Waals surface area (Å²) < 4.78 is 16.4. The standard InChI is InChI=1S/C24H29N5O6/c1-13(2)15-4-6-16(7-5-15)26-21(30)10-28-18-9-20-19(33-12-34-20)8-17(18)23(31)29(24(28)32)11-22-25-14(3)27-35-22/h4-7,13,17-20H,8-12H2,1-3H3,(H,26,30). The maximum absolute atomic E-state index is 13.5. The Bertz CT molecular complexity index is 1120. The Labute approximate surface area is 202 Å². The van der Waals surface area contributed by atoms with Gasteiger partial charge in [-0.2, -0.15) is 4.98 Å². The lowest BCUT2D eigenvalue weighted by atomic mass is 9.78. The van der Waals surface area contributed by atoms with Crippen LogP contribution < -0.4 is 5.32 Å². The van der Waals surface area contributed by atoms with E-state index in [1.54, 1.807) is 6.92 Å². The smallest absolute Gasteiger partial charge is 0.327 e. The number of imide groups is 1. The van der Waals surface area contributed by atoms with Gasteiger partial charge >= 0.3 is 6.03 Å². The Kier molecular flexibility index (Phi) is 6.28. The van der Waals surface area contributed by atoms with Crippen LogP contribution in [0.4, 0.5) is 10.5 Å². The molecule has 186 valence electrons. The van der Waals surface area contributed by atoms with E-state index in [0.29, 0.717) is 30.3 Å². The van der Waals surface area contributed by atoms with E-state index in [0.717, 1.165) is 10.5 Å².